The molecule has 1 aliphatic carbocycles. The first-order valence-corrected chi connectivity index (χ1v) is 19.5. The van der Waals surface area contributed by atoms with Crippen LogP contribution >= 0.6 is 0 Å². The first-order valence-electron chi connectivity index (χ1n) is 19.5. The molecule has 2 aromatic heterocycles. The van der Waals surface area contributed by atoms with E-state index in [1.54, 1.807) is 34.2 Å². The monoisotopic (exact) mass is 774 g/mol. The number of aromatic amines is 1. The van der Waals surface area contributed by atoms with E-state index in [2.05, 4.69) is 56.3 Å². The molecule has 1 saturated carbocycles. The Bertz CT molecular complexity index is 2300. The minimum absolute atomic E-state index is 0.0443. The molecule has 1 saturated heterocycles. The second kappa shape index (κ2) is 18.3. The summed E-state index contributed by atoms with van der Waals surface area (Å²) in [5, 5.41) is 17.4. The maximum Gasteiger partial charge on any atom is 0.272 e. The van der Waals surface area contributed by atoms with Crippen molar-refractivity contribution in [3.05, 3.63) is 123 Å². The molecule has 296 valence electrons. The number of fused-ring (bicyclic) bond motifs is 1. The van der Waals surface area contributed by atoms with Gasteiger partial charge in [0.2, 0.25) is 5.91 Å². The number of aromatic nitrogens is 3. The van der Waals surface area contributed by atoms with Crippen molar-refractivity contribution in [2.45, 2.75) is 38.6 Å². The summed E-state index contributed by atoms with van der Waals surface area (Å²) in [4.78, 5) is 59.3. The van der Waals surface area contributed by atoms with Crippen LogP contribution in [0.5, 0.6) is 0 Å². The highest BCUT2D eigenvalue weighted by molar-refractivity contribution is 5.98. The highest BCUT2D eigenvalue weighted by atomic mass is 19.1. The molecule has 0 unspecified atom stereocenters. The number of piperazine rings is 1. The van der Waals surface area contributed by atoms with E-state index in [9.17, 15) is 23.6 Å². The number of carbonyl (C=O) groups is 3. The Morgan fingerprint density at radius 1 is 0.877 bits per heavy atom. The van der Waals surface area contributed by atoms with Crippen molar-refractivity contribution < 1.29 is 23.5 Å². The molecule has 1 aliphatic heterocycles. The van der Waals surface area contributed by atoms with Crippen LogP contribution in [0.3, 0.4) is 0 Å². The van der Waals surface area contributed by atoms with Crippen molar-refractivity contribution in [1.29, 1.82) is 0 Å². The lowest BCUT2D eigenvalue weighted by Crippen LogP contribution is -2.52. The fourth-order valence-electron chi connectivity index (χ4n) is 6.88. The van der Waals surface area contributed by atoms with Crippen LogP contribution in [-0.2, 0) is 22.4 Å². The Labute approximate surface area is 330 Å². The van der Waals surface area contributed by atoms with Crippen molar-refractivity contribution in [3.63, 3.8) is 0 Å². The number of nitrogens with one attached hydrogen (secondary N) is 4. The normalized spacial score (nSPS) is 14.1. The first kappa shape index (κ1) is 39.3. The number of H-pyrrole nitrogens is 1. The summed E-state index contributed by atoms with van der Waals surface area (Å²) >= 11 is 0. The topological polar surface area (TPSA) is 162 Å². The Kier molecular flexibility index (Phi) is 12.6. The van der Waals surface area contributed by atoms with Crippen molar-refractivity contribution in [2.24, 2.45) is 0 Å². The number of amides is 3. The van der Waals surface area contributed by atoms with Crippen LogP contribution in [-0.4, -0.2) is 108 Å². The van der Waals surface area contributed by atoms with Crippen molar-refractivity contribution in [2.75, 3.05) is 64.3 Å². The van der Waals surface area contributed by atoms with Crippen LogP contribution in [0.25, 0.3) is 21.9 Å². The minimum Gasteiger partial charge on any atom is -0.380 e. The van der Waals surface area contributed by atoms with E-state index in [0.717, 1.165) is 36.1 Å². The van der Waals surface area contributed by atoms with Crippen LogP contribution in [0.1, 0.15) is 57.4 Å². The summed E-state index contributed by atoms with van der Waals surface area (Å²) in [7, 11) is 0. The molecule has 14 heteroatoms. The van der Waals surface area contributed by atoms with Gasteiger partial charge in [0.15, 0.2) is 5.69 Å². The number of aryl methyl sites for hydroxylation is 1. The van der Waals surface area contributed by atoms with Gasteiger partial charge in [0.25, 0.3) is 17.4 Å². The minimum atomic E-state index is -0.623. The second-order valence-electron chi connectivity index (χ2n) is 14.3. The molecule has 3 heterocycles. The number of hydrogen-bond donors (Lipinski definition) is 4. The lowest BCUT2D eigenvalue weighted by atomic mass is 10.0. The molecule has 4 N–H and O–H groups in total. The number of rotatable bonds is 16. The zero-order valence-electron chi connectivity index (χ0n) is 32.0. The Morgan fingerprint density at radius 3 is 2.44 bits per heavy atom. The zero-order valence-corrected chi connectivity index (χ0v) is 32.0. The summed E-state index contributed by atoms with van der Waals surface area (Å²) in [5.41, 5.74) is 5.31. The van der Waals surface area contributed by atoms with E-state index in [4.69, 9.17) is 4.74 Å². The van der Waals surface area contributed by atoms with E-state index >= 15 is 0 Å². The van der Waals surface area contributed by atoms with Gasteiger partial charge in [0.05, 0.1) is 42.1 Å². The van der Waals surface area contributed by atoms with Crippen LogP contribution in [0.2, 0.25) is 0 Å². The number of benzene rings is 3. The molecule has 3 amide bonds. The van der Waals surface area contributed by atoms with E-state index in [1.807, 2.05) is 24.3 Å². The third-order valence-corrected chi connectivity index (χ3v) is 10.3. The molecule has 0 spiro atoms. The van der Waals surface area contributed by atoms with Crippen LogP contribution in [0, 0.1) is 5.82 Å². The average molecular weight is 775 g/mol. The molecule has 0 atom stereocenters. The van der Waals surface area contributed by atoms with Crippen LogP contribution in [0.15, 0.2) is 83.8 Å². The lowest BCUT2D eigenvalue weighted by molar-refractivity contribution is -0.131. The second-order valence-corrected chi connectivity index (χ2v) is 14.3. The van der Waals surface area contributed by atoms with Gasteiger partial charge in [-0.3, -0.25) is 19.2 Å². The number of halogens is 1. The maximum atomic E-state index is 14.9. The summed E-state index contributed by atoms with van der Waals surface area (Å²) in [6.07, 6.45) is 5.12. The van der Waals surface area contributed by atoms with E-state index < -0.39 is 11.7 Å². The maximum absolute atomic E-state index is 14.9. The smallest absolute Gasteiger partial charge is 0.272 e. The number of pyridine rings is 1. The van der Waals surface area contributed by atoms with Gasteiger partial charge < -0.3 is 30.5 Å². The highest BCUT2D eigenvalue weighted by Gasteiger charge is 2.27. The predicted octanol–water partition coefficient (Wildman–Crippen LogP) is 4.17. The molecule has 7 rings (SSSR count). The molecule has 5 aromatic rings. The van der Waals surface area contributed by atoms with Gasteiger partial charge in [-0.2, -0.15) is 5.10 Å². The Balaban J connectivity index is 0.807. The molecule has 2 fully saturated rings. The number of carbonyl (C=O) groups excluding carboxylic acids is 3. The van der Waals surface area contributed by atoms with Gasteiger partial charge in [0, 0.05) is 68.9 Å². The van der Waals surface area contributed by atoms with E-state index in [0.29, 0.717) is 79.6 Å². The summed E-state index contributed by atoms with van der Waals surface area (Å²) in [5.74, 6) is -1.43. The molecule has 2 aliphatic rings. The van der Waals surface area contributed by atoms with Gasteiger partial charge in [0.1, 0.15) is 5.82 Å². The average Bonchev–Trinajstić information content (AvgIpc) is 4.07. The molecule has 0 radical (unpaired) electrons. The summed E-state index contributed by atoms with van der Waals surface area (Å²) in [6, 6.07) is 22.2. The zero-order chi connectivity index (χ0) is 39.7. The van der Waals surface area contributed by atoms with E-state index in [1.165, 1.54) is 17.7 Å². The standard InChI is InChI=1S/C43H47FN8O5/c1-2-28-6-5-7-30(22-28)31-25-38(48-32-11-12-32)40(47-26-31)42(55)46-15-21-57-20-14-45-27-39(53)51-16-18-52(19-17-51)43(56)35-23-29(10-13-36(35)44)24-37-33-8-3-4-9-34(33)41(54)50-49-37/h3-10,13,22-23,25-26,32,45,48H,2,11-12,14-21,24,27H2,1H3,(H,46,55)(H,50,54). The molecular weight excluding hydrogens is 728 g/mol. The lowest BCUT2D eigenvalue weighted by Gasteiger charge is -2.35. The number of anilines is 1. The quantitative estimate of drug-likeness (QED) is 0.108. The molecule has 13 nitrogen and oxygen atoms in total. The Hall–Kier alpha value is -5.99. The fourth-order valence-corrected chi connectivity index (χ4v) is 6.88. The predicted molar refractivity (Wildman–Crippen MR) is 216 cm³/mol. The third kappa shape index (κ3) is 9.88. The number of hydrogen-bond acceptors (Lipinski definition) is 9. The Morgan fingerprint density at radius 2 is 1.65 bits per heavy atom. The van der Waals surface area contributed by atoms with Gasteiger partial charge >= 0.3 is 0 Å². The highest BCUT2D eigenvalue weighted by Crippen LogP contribution is 2.30. The van der Waals surface area contributed by atoms with Crippen molar-refractivity contribution in [1.82, 2.24) is 35.6 Å². The third-order valence-electron chi connectivity index (χ3n) is 10.3. The van der Waals surface area contributed by atoms with E-state index in [-0.39, 0.29) is 42.6 Å². The van der Waals surface area contributed by atoms with Gasteiger partial charge in [-0.25, -0.2) is 14.5 Å². The molecular formula is C43H47FN8O5. The van der Waals surface area contributed by atoms with Gasteiger partial charge in [-0.05, 0) is 60.2 Å². The fraction of sp³-hybridized carbons (Fsp3) is 0.349. The largest absolute Gasteiger partial charge is 0.380 e. The van der Waals surface area contributed by atoms with Crippen LogP contribution < -0.4 is 21.5 Å². The van der Waals surface area contributed by atoms with Crippen LogP contribution in [0.4, 0.5) is 10.1 Å². The SMILES string of the molecule is CCc1cccc(-c2cnc(C(=O)NCCOCCNCC(=O)N3CCN(C(=O)c4cc(Cc5n[nH]c(=O)c6ccccc56)ccc4F)CC3)c(NC3CC3)c2)c1. The van der Waals surface area contributed by atoms with Gasteiger partial charge in [-0.1, -0.05) is 55.5 Å². The summed E-state index contributed by atoms with van der Waals surface area (Å²) < 4.78 is 20.6. The number of nitrogens with zero attached hydrogens (tertiary/aromatic N) is 4. The van der Waals surface area contributed by atoms with Crippen molar-refractivity contribution >= 4 is 34.2 Å². The summed E-state index contributed by atoms with van der Waals surface area (Å²) in [6.45, 7) is 4.85. The molecule has 0 bridgehead atoms. The first-order chi connectivity index (χ1) is 27.8. The molecule has 57 heavy (non-hydrogen) atoms. The van der Waals surface area contributed by atoms with Gasteiger partial charge in [-0.15, -0.1) is 0 Å². The van der Waals surface area contributed by atoms with Crippen molar-refractivity contribution in [3.8, 4) is 11.1 Å². The molecule has 3 aromatic carbocycles. The number of ether oxygens (including phenoxy) is 1.